The predicted octanol–water partition coefficient (Wildman–Crippen LogP) is 1.82. The molecule has 0 saturated carbocycles. The van der Waals surface area contributed by atoms with Crippen LogP contribution in [0.2, 0.25) is 0 Å². The summed E-state index contributed by atoms with van der Waals surface area (Å²) in [4.78, 5) is 13.8. The Morgan fingerprint density at radius 2 is 2.05 bits per heavy atom. The average Bonchev–Trinajstić information content (AvgIpc) is 2.95. The van der Waals surface area contributed by atoms with Crippen LogP contribution in [0.4, 0.5) is 8.78 Å². The van der Waals surface area contributed by atoms with Gasteiger partial charge in [0.15, 0.2) is 0 Å². The molecular weight excluding hydrogens is 278 g/mol. The third-order valence-electron chi connectivity index (χ3n) is 3.75. The molecule has 2 atom stereocenters. The van der Waals surface area contributed by atoms with Crippen LogP contribution in [0.25, 0.3) is 0 Å². The minimum atomic E-state index is -0.645. The van der Waals surface area contributed by atoms with E-state index in [1.165, 1.54) is 23.1 Å². The quantitative estimate of drug-likeness (QED) is 0.902. The van der Waals surface area contributed by atoms with Crippen molar-refractivity contribution in [2.75, 3.05) is 13.1 Å². The van der Waals surface area contributed by atoms with Gasteiger partial charge in [0.05, 0.1) is 12.6 Å². The van der Waals surface area contributed by atoms with Crippen molar-refractivity contribution in [3.05, 3.63) is 35.4 Å². The standard InChI is InChI=1S/C15H20F2N2O2/c1-2-19(9-11-12(16)4-3-5-13(11)17)15(20)14-7-6-10(8-18)21-14/h3-5,10,14H,2,6-9,18H2,1H3/t10-,14+/m1/s1. The lowest BCUT2D eigenvalue weighted by Crippen LogP contribution is -2.39. The number of ether oxygens (including phenoxy) is 1. The van der Waals surface area contributed by atoms with Crippen LogP contribution in [0.5, 0.6) is 0 Å². The van der Waals surface area contributed by atoms with Crippen molar-refractivity contribution in [1.29, 1.82) is 0 Å². The van der Waals surface area contributed by atoms with Crippen molar-refractivity contribution in [3.63, 3.8) is 0 Å². The van der Waals surface area contributed by atoms with Gasteiger partial charge >= 0.3 is 0 Å². The normalized spacial score (nSPS) is 21.5. The molecule has 116 valence electrons. The molecule has 1 saturated heterocycles. The highest BCUT2D eigenvalue weighted by Gasteiger charge is 2.32. The molecule has 1 fully saturated rings. The zero-order valence-corrected chi connectivity index (χ0v) is 12.0. The number of hydrogen-bond acceptors (Lipinski definition) is 3. The van der Waals surface area contributed by atoms with Gasteiger partial charge in [-0.1, -0.05) is 6.07 Å². The van der Waals surface area contributed by atoms with Gasteiger partial charge < -0.3 is 15.4 Å². The topological polar surface area (TPSA) is 55.6 Å². The SMILES string of the molecule is CCN(Cc1c(F)cccc1F)C(=O)[C@@H]1CC[C@H](CN)O1. The number of halogens is 2. The zero-order chi connectivity index (χ0) is 15.4. The lowest BCUT2D eigenvalue weighted by atomic mass is 10.1. The van der Waals surface area contributed by atoms with Crippen LogP contribution in [-0.4, -0.2) is 36.1 Å². The van der Waals surface area contributed by atoms with Gasteiger partial charge in [0.1, 0.15) is 17.7 Å². The predicted molar refractivity (Wildman–Crippen MR) is 74.4 cm³/mol. The summed E-state index contributed by atoms with van der Waals surface area (Å²) < 4.78 is 32.9. The van der Waals surface area contributed by atoms with E-state index < -0.39 is 17.7 Å². The lowest BCUT2D eigenvalue weighted by molar-refractivity contribution is -0.143. The minimum Gasteiger partial charge on any atom is -0.364 e. The van der Waals surface area contributed by atoms with E-state index in [9.17, 15) is 13.6 Å². The highest BCUT2D eigenvalue weighted by atomic mass is 19.1. The summed E-state index contributed by atoms with van der Waals surface area (Å²) >= 11 is 0. The Morgan fingerprint density at radius 1 is 1.38 bits per heavy atom. The second-order valence-electron chi connectivity index (χ2n) is 5.11. The highest BCUT2D eigenvalue weighted by Crippen LogP contribution is 2.22. The van der Waals surface area contributed by atoms with Crippen molar-refractivity contribution < 1.29 is 18.3 Å². The van der Waals surface area contributed by atoms with Crippen molar-refractivity contribution >= 4 is 5.91 Å². The summed E-state index contributed by atoms with van der Waals surface area (Å²) in [6.45, 7) is 2.41. The van der Waals surface area contributed by atoms with Gasteiger partial charge in [0, 0.05) is 18.7 Å². The Hall–Kier alpha value is -1.53. The number of amides is 1. The Balaban J connectivity index is 2.08. The summed E-state index contributed by atoms with van der Waals surface area (Å²) in [5.74, 6) is -1.53. The van der Waals surface area contributed by atoms with E-state index in [-0.39, 0.29) is 24.1 Å². The third-order valence-corrected chi connectivity index (χ3v) is 3.75. The summed E-state index contributed by atoms with van der Waals surface area (Å²) in [6, 6.07) is 3.68. The molecule has 1 aromatic rings. The molecule has 1 aromatic carbocycles. The van der Waals surface area contributed by atoms with Crippen molar-refractivity contribution in [2.45, 2.75) is 38.5 Å². The molecule has 0 spiro atoms. The number of hydrogen-bond donors (Lipinski definition) is 1. The Labute approximate surface area is 122 Å². The smallest absolute Gasteiger partial charge is 0.252 e. The largest absolute Gasteiger partial charge is 0.364 e. The molecule has 0 aromatic heterocycles. The molecule has 4 nitrogen and oxygen atoms in total. The highest BCUT2D eigenvalue weighted by molar-refractivity contribution is 5.81. The molecule has 1 aliphatic rings. The molecule has 0 aliphatic carbocycles. The van der Waals surface area contributed by atoms with Crippen molar-refractivity contribution in [2.24, 2.45) is 5.73 Å². The second-order valence-corrected chi connectivity index (χ2v) is 5.11. The van der Waals surface area contributed by atoms with E-state index >= 15 is 0 Å². The monoisotopic (exact) mass is 298 g/mol. The van der Waals surface area contributed by atoms with Crippen LogP contribution in [-0.2, 0) is 16.1 Å². The molecule has 0 radical (unpaired) electrons. The molecule has 2 rings (SSSR count). The van der Waals surface area contributed by atoms with Gasteiger partial charge in [-0.2, -0.15) is 0 Å². The zero-order valence-electron chi connectivity index (χ0n) is 12.0. The maximum atomic E-state index is 13.7. The van der Waals surface area contributed by atoms with Gasteiger partial charge in [0.2, 0.25) is 0 Å². The number of nitrogens with zero attached hydrogens (tertiary/aromatic N) is 1. The van der Waals surface area contributed by atoms with Gasteiger partial charge in [-0.3, -0.25) is 4.79 Å². The Kier molecular flexibility index (Phi) is 5.25. The first-order valence-corrected chi connectivity index (χ1v) is 7.14. The van der Waals surface area contributed by atoms with Crippen molar-refractivity contribution in [3.8, 4) is 0 Å². The van der Waals surface area contributed by atoms with Gasteiger partial charge in [-0.25, -0.2) is 8.78 Å². The van der Waals surface area contributed by atoms with E-state index in [0.717, 1.165) is 6.42 Å². The van der Waals surface area contributed by atoms with Crippen LogP contribution in [0.15, 0.2) is 18.2 Å². The number of nitrogens with two attached hydrogens (primary N) is 1. The number of benzene rings is 1. The Bertz CT molecular complexity index is 490. The molecule has 1 amide bonds. The lowest BCUT2D eigenvalue weighted by Gasteiger charge is -2.24. The Morgan fingerprint density at radius 3 is 2.57 bits per heavy atom. The first-order chi connectivity index (χ1) is 10.1. The van der Waals surface area contributed by atoms with Gasteiger partial charge in [0.25, 0.3) is 5.91 Å². The maximum absolute atomic E-state index is 13.7. The summed E-state index contributed by atoms with van der Waals surface area (Å²) in [5.41, 5.74) is 5.42. The third kappa shape index (κ3) is 3.57. The number of carbonyl (C=O) groups excluding carboxylic acids is 1. The molecular formula is C15H20F2N2O2. The van der Waals surface area contributed by atoms with Crippen LogP contribution in [0.3, 0.4) is 0 Å². The molecule has 0 unspecified atom stereocenters. The van der Waals surface area contributed by atoms with Crippen LogP contribution < -0.4 is 5.73 Å². The van der Waals surface area contributed by atoms with E-state index in [1.54, 1.807) is 6.92 Å². The van der Waals surface area contributed by atoms with E-state index in [4.69, 9.17) is 10.5 Å². The molecule has 6 heteroatoms. The van der Waals surface area contributed by atoms with E-state index in [1.807, 2.05) is 0 Å². The number of rotatable bonds is 5. The first-order valence-electron chi connectivity index (χ1n) is 7.14. The van der Waals surface area contributed by atoms with Gasteiger partial charge in [-0.15, -0.1) is 0 Å². The van der Waals surface area contributed by atoms with Crippen LogP contribution in [0, 0.1) is 11.6 Å². The van der Waals surface area contributed by atoms with E-state index in [0.29, 0.717) is 19.5 Å². The number of carbonyl (C=O) groups is 1. The molecule has 21 heavy (non-hydrogen) atoms. The van der Waals surface area contributed by atoms with E-state index in [2.05, 4.69) is 0 Å². The average molecular weight is 298 g/mol. The first kappa shape index (κ1) is 15.9. The maximum Gasteiger partial charge on any atom is 0.252 e. The summed E-state index contributed by atoms with van der Waals surface area (Å²) in [6.07, 6.45) is 0.659. The molecule has 0 bridgehead atoms. The fraction of sp³-hybridized carbons (Fsp3) is 0.533. The van der Waals surface area contributed by atoms with Crippen LogP contribution >= 0.6 is 0 Å². The summed E-state index contributed by atoms with van der Waals surface area (Å²) in [7, 11) is 0. The molecule has 1 aliphatic heterocycles. The number of likely N-dealkylation sites (N-methyl/N-ethyl adjacent to an activating group) is 1. The molecule has 1 heterocycles. The molecule has 2 N–H and O–H groups in total. The fourth-order valence-corrected chi connectivity index (χ4v) is 2.48. The summed E-state index contributed by atoms with van der Waals surface area (Å²) in [5, 5.41) is 0. The fourth-order valence-electron chi connectivity index (χ4n) is 2.48. The van der Waals surface area contributed by atoms with Gasteiger partial charge in [-0.05, 0) is 31.9 Å². The second kappa shape index (κ2) is 6.95. The van der Waals surface area contributed by atoms with Crippen LogP contribution in [0.1, 0.15) is 25.3 Å². The minimum absolute atomic E-state index is 0.0962. The van der Waals surface area contributed by atoms with Crippen molar-refractivity contribution in [1.82, 2.24) is 4.90 Å².